The Hall–Kier alpha value is -3.10. The number of aromatic carboxylic acids is 1. The van der Waals surface area contributed by atoms with Gasteiger partial charge >= 0.3 is 5.97 Å². The number of hydrogen-bond donors (Lipinski definition) is 1. The van der Waals surface area contributed by atoms with Crippen molar-refractivity contribution in [1.82, 2.24) is 14.5 Å². The molecule has 0 saturated carbocycles. The van der Waals surface area contributed by atoms with Crippen LogP contribution in [0.5, 0.6) is 11.5 Å². The van der Waals surface area contributed by atoms with Crippen LogP contribution in [0.3, 0.4) is 0 Å². The van der Waals surface area contributed by atoms with Gasteiger partial charge in [-0.15, -0.1) is 0 Å². The number of ether oxygens (including phenoxy) is 3. The predicted molar refractivity (Wildman–Crippen MR) is 126 cm³/mol. The summed E-state index contributed by atoms with van der Waals surface area (Å²) in [6.45, 7) is 5.39. The molecule has 2 aromatic carbocycles. The Labute approximate surface area is 198 Å². The van der Waals surface area contributed by atoms with E-state index in [4.69, 9.17) is 19.2 Å². The normalized spacial score (nSPS) is 20.9. The van der Waals surface area contributed by atoms with Crippen molar-refractivity contribution < 1.29 is 24.1 Å². The summed E-state index contributed by atoms with van der Waals surface area (Å²) in [5, 5.41) is 9.46. The van der Waals surface area contributed by atoms with E-state index >= 15 is 0 Å². The third-order valence-corrected chi connectivity index (χ3v) is 7.24. The van der Waals surface area contributed by atoms with Crippen LogP contribution in [0, 0.1) is 0 Å². The molecule has 34 heavy (non-hydrogen) atoms. The molecule has 3 aliphatic rings. The Kier molecular flexibility index (Phi) is 5.63. The van der Waals surface area contributed by atoms with Crippen LogP contribution in [0.1, 0.15) is 46.9 Å². The summed E-state index contributed by atoms with van der Waals surface area (Å²) in [7, 11) is 0. The molecular formula is C26H29N3O5. The summed E-state index contributed by atoms with van der Waals surface area (Å²) in [5.41, 5.74) is 3.25. The van der Waals surface area contributed by atoms with Crippen LogP contribution in [0.25, 0.3) is 11.0 Å². The van der Waals surface area contributed by atoms with E-state index < -0.39 is 5.97 Å². The molecule has 8 heteroatoms. The van der Waals surface area contributed by atoms with Crippen molar-refractivity contribution in [1.29, 1.82) is 0 Å². The van der Waals surface area contributed by atoms with Crippen molar-refractivity contribution in [3.8, 4) is 11.5 Å². The van der Waals surface area contributed by atoms with E-state index in [1.807, 2.05) is 12.1 Å². The molecule has 2 saturated heterocycles. The molecule has 0 spiro atoms. The van der Waals surface area contributed by atoms with Gasteiger partial charge in [0.15, 0.2) is 11.5 Å². The van der Waals surface area contributed by atoms with E-state index in [1.54, 1.807) is 12.1 Å². The van der Waals surface area contributed by atoms with E-state index in [9.17, 15) is 9.90 Å². The van der Waals surface area contributed by atoms with E-state index in [0.29, 0.717) is 25.7 Å². The highest BCUT2D eigenvalue weighted by Crippen LogP contribution is 2.41. The highest BCUT2D eigenvalue weighted by Gasteiger charge is 2.28. The summed E-state index contributed by atoms with van der Waals surface area (Å²) < 4.78 is 19.6. The first-order valence-electron chi connectivity index (χ1n) is 12.1. The summed E-state index contributed by atoms with van der Waals surface area (Å²) in [6, 6.07) is 11.4. The fourth-order valence-electron chi connectivity index (χ4n) is 5.28. The number of piperidine rings is 1. The van der Waals surface area contributed by atoms with Gasteiger partial charge in [0.05, 0.1) is 35.8 Å². The second-order valence-corrected chi connectivity index (χ2v) is 9.35. The van der Waals surface area contributed by atoms with Gasteiger partial charge in [-0.3, -0.25) is 4.90 Å². The van der Waals surface area contributed by atoms with Crippen molar-refractivity contribution in [3.63, 3.8) is 0 Å². The minimum absolute atomic E-state index is 0.168. The summed E-state index contributed by atoms with van der Waals surface area (Å²) in [4.78, 5) is 18.9. The first-order chi connectivity index (χ1) is 16.7. The maximum Gasteiger partial charge on any atom is 0.335 e. The smallest absolute Gasteiger partial charge is 0.335 e. The number of nitrogens with zero attached hydrogens (tertiary/aromatic N) is 3. The first-order valence-corrected chi connectivity index (χ1v) is 12.1. The molecule has 0 bridgehead atoms. The predicted octanol–water partition coefficient (Wildman–Crippen LogP) is 3.67. The Morgan fingerprint density at radius 3 is 2.65 bits per heavy atom. The topological polar surface area (TPSA) is 86.0 Å². The minimum atomic E-state index is -0.921. The van der Waals surface area contributed by atoms with Crippen molar-refractivity contribution >= 4 is 17.0 Å². The zero-order chi connectivity index (χ0) is 23.1. The molecule has 8 nitrogen and oxygen atoms in total. The summed E-state index contributed by atoms with van der Waals surface area (Å²) >= 11 is 0. The molecule has 3 aliphatic heterocycles. The Morgan fingerprint density at radius 2 is 1.88 bits per heavy atom. The van der Waals surface area contributed by atoms with Gasteiger partial charge in [0, 0.05) is 12.2 Å². The maximum atomic E-state index is 11.5. The number of carboxylic acids is 1. The number of rotatable bonds is 6. The van der Waals surface area contributed by atoms with Gasteiger partial charge in [-0.1, -0.05) is 12.1 Å². The van der Waals surface area contributed by atoms with Gasteiger partial charge < -0.3 is 23.9 Å². The first kappa shape index (κ1) is 21.4. The van der Waals surface area contributed by atoms with Crippen molar-refractivity contribution in [2.45, 2.75) is 44.4 Å². The minimum Gasteiger partial charge on any atom is -0.486 e. The Balaban J connectivity index is 1.20. The molecule has 178 valence electrons. The van der Waals surface area contributed by atoms with Gasteiger partial charge in [-0.05, 0) is 62.5 Å². The van der Waals surface area contributed by atoms with Crippen LogP contribution in [0.4, 0.5) is 0 Å². The number of fused-ring (bicyclic) bond motifs is 2. The third kappa shape index (κ3) is 4.01. The molecule has 1 aromatic heterocycles. The summed E-state index contributed by atoms with van der Waals surface area (Å²) in [5.74, 6) is 2.28. The Morgan fingerprint density at radius 1 is 1.06 bits per heavy atom. The van der Waals surface area contributed by atoms with Gasteiger partial charge in [-0.25, -0.2) is 9.78 Å². The van der Waals surface area contributed by atoms with E-state index in [1.165, 1.54) is 5.56 Å². The van der Waals surface area contributed by atoms with Crippen molar-refractivity contribution in [3.05, 3.63) is 53.3 Å². The van der Waals surface area contributed by atoms with Crippen molar-refractivity contribution in [2.24, 2.45) is 0 Å². The van der Waals surface area contributed by atoms with Crippen LogP contribution in [-0.2, 0) is 17.8 Å². The van der Waals surface area contributed by atoms with Crippen LogP contribution >= 0.6 is 0 Å². The zero-order valence-electron chi connectivity index (χ0n) is 19.1. The molecule has 0 amide bonds. The number of hydrogen-bond acceptors (Lipinski definition) is 6. The third-order valence-electron chi connectivity index (χ3n) is 7.24. The van der Waals surface area contributed by atoms with E-state index in [2.05, 4.69) is 21.6 Å². The molecule has 2 fully saturated rings. The van der Waals surface area contributed by atoms with Crippen LogP contribution < -0.4 is 9.47 Å². The molecule has 0 radical (unpaired) electrons. The molecule has 3 aromatic rings. The number of benzene rings is 2. The molecular weight excluding hydrogens is 434 g/mol. The molecule has 6 rings (SSSR count). The van der Waals surface area contributed by atoms with Crippen molar-refractivity contribution in [2.75, 3.05) is 32.9 Å². The van der Waals surface area contributed by atoms with Gasteiger partial charge in [0.2, 0.25) is 0 Å². The average molecular weight is 464 g/mol. The van der Waals surface area contributed by atoms with Gasteiger partial charge in [-0.2, -0.15) is 0 Å². The second kappa shape index (κ2) is 8.92. The highest BCUT2D eigenvalue weighted by molar-refractivity contribution is 5.92. The summed E-state index contributed by atoms with van der Waals surface area (Å²) in [6.07, 6.45) is 3.29. The quantitative estimate of drug-likeness (QED) is 0.597. The standard InChI is InChI=1S/C26H29N3O5/c30-26(31)18-4-5-21-22(14-18)29(15-19-8-11-32-19)24(27-21)16-28-9-6-17(7-10-28)20-2-1-3-23-25(20)34-13-12-33-23/h1-5,14,17,19H,6-13,15-16H2,(H,30,31). The number of para-hydroxylation sites is 1. The molecule has 1 unspecified atom stereocenters. The highest BCUT2D eigenvalue weighted by atomic mass is 16.6. The van der Waals surface area contributed by atoms with Crippen LogP contribution in [0.15, 0.2) is 36.4 Å². The maximum absolute atomic E-state index is 11.5. The molecule has 1 N–H and O–H groups in total. The lowest BCUT2D eigenvalue weighted by Gasteiger charge is -2.34. The Bertz CT molecular complexity index is 1210. The molecule has 4 heterocycles. The number of imidazole rings is 1. The fourth-order valence-corrected chi connectivity index (χ4v) is 5.28. The fraction of sp³-hybridized carbons (Fsp3) is 0.462. The number of carbonyl (C=O) groups is 1. The van der Waals surface area contributed by atoms with Gasteiger partial charge in [0.25, 0.3) is 0 Å². The lowest BCUT2D eigenvalue weighted by atomic mass is 9.88. The lowest BCUT2D eigenvalue weighted by Crippen LogP contribution is -2.35. The van der Waals surface area contributed by atoms with Gasteiger partial charge in [0.1, 0.15) is 19.0 Å². The monoisotopic (exact) mass is 463 g/mol. The number of aromatic nitrogens is 2. The van der Waals surface area contributed by atoms with E-state index in [-0.39, 0.29) is 11.7 Å². The second-order valence-electron chi connectivity index (χ2n) is 9.35. The zero-order valence-corrected chi connectivity index (χ0v) is 19.1. The number of likely N-dealkylation sites (tertiary alicyclic amines) is 1. The largest absolute Gasteiger partial charge is 0.486 e. The SMILES string of the molecule is O=C(O)c1ccc2nc(CN3CCC(c4cccc5c4OCCO5)CC3)n(CC3CCO3)c2c1. The van der Waals surface area contributed by atoms with Crippen LogP contribution in [0.2, 0.25) is 0 Å². The average Bonchev–Trinajstić information content (AvgIpc) is 3.17. The number of carboxylic acid groups (broad SMARTS) is 1. The van der Waals surface area contributed by atoms with E-state index in [0.717, 1.165) is 73.9 Å². The lowest BCUT2D eigenvalue weighted by molar-refractivity contribution is -0.0592. The molecule has 1 atom stereocenters. The van der Waals surface area contributed by atoms with Crippen LogP contribution in [-0.4, -0.2) is 64.5 Å². The molecule has 0 aliphatic carbocycles.